The first-order chi connectivity index (χ1) is 9.30. The van der Waals surface area contributed by atoms with Crippen molar-refractivity contribution in [3.05, 3.63) is 22.4 Å². The summed E-state index contributed by atoms with van der Waals surface area (Å²) in [6.45, 7) is 7.04. The average Bonchev–Trinajstić information content (AvgIpc) is 3.04. The quantitative estimate of drug-likeness (QED) is 0.847. The minimum atomic E-state index is 0.116. The van der Waals surface area contributed by atoms with E-state index in [0.29, 0.717) is 6.10 Å². The second kappa shape index (κ2) is 5.92. The summed E-state index contributed by atoms with van der Waals surface area (Å²) in [5.41, 5.74) is 1.56. The molecule has 2 aliphatic rings. The summed E-state index contributed by atoms with van der Waals surface area (Å²) in [5.74, 6) is 0. The fraction of sp³-hybridized carbons (Fsp3) is 0.733. The lowest BCUT2D eigenvalue weighted by Crippen LogP contribution is -2.43. The molecule has 1 spiro atoms. The van der Waals surface area contributed by atoms with Crippen LogP contribution in [0.15, 0.2) is 16.8 Å². The summed E-state index contributed by atoms with van der Waals surface area (Å²) >= 11 is 1.78. The molecule has 1 aromatic rings. The van der Waals surface area contributed by atoms with Gasteiger partial charge in [0.05, 0.1) is 18.3 Å². The van der Waals surface area contributed by atoms with E-state index >= 15 is 0 Å². The van der Waals surface area contributed by atoms with Gasteiger partial charge in [0, 0.05) is 32.7 Å². The SMILES string of the molecule is CCO[C@H]1COC2(CCN(Cc3ccsc3)CC2)C1. The molecule has 3 nitrogen and oxygen atoms in total. The van der Waals surface area contributed by atoms with Crippen LogP contribution in [-0.2, 0) is 16.0 Å². The van der Waals surface area contributed by atoms with E-state index in [2.05, 4.69) is 28.7 Å². The Hall–Kier alpha value is -0.420. The molecule has 0 aromatic carbocycles. The molecule has 0 amide bonds. The van der Waals surface area contributed by atoms with Gasteiger partial charge in [-0.3, -0.25) is 4.90 Å². The Morgan fingerprint density at radius 2 is 2.32 bits per heavy atom. The van der Waals surface area contributed by atoms with Crippen LogP contribution in [0.5, 0.6) is 0 Å². The van der Waals surface area contributed by atoms with Gasteiger partial charge in [-0.25, -0.2) is 0 Å². The highest BCUT2D eigenvalue weighted by atomic mass is 32.1. The van der Waals surface area contributed by atoms with Gasteiger partial charge in [0.25, 0.3) is 0 Å². The van der Waals surface area contributed by atoms with Gasteiger partial charge in [-0.2, -0.15) is 11.3 Å². The third-order valence-electron chi connectivity index (χ3n) is 4.33. The first-order valence-electron chi connectivity index (χ1n) is 7.29. The predicted octanol–water partition coefficient (Wildman–Crippen LogP) is 2.91. The number of thiophene rings is 1. The maximum Gasteiger partial charge on any atom is 0.0836 e. The Bertz CT molecular complexity index is 385. The van der Waals surface area contributed by atoms with Gasteiger partial charge in [0.15, 0.2) is 0 Å². The van der Waals surface area contributed by atoms with Crippen LogP contribution in [0, 0.1) is 0 Å². The maximum atomic E-state index is 6.08. The standard InChI is InChI=1S/C15H23NO2S/c1-2-17-14-9-15(18-11-14)4-6-16(7-5-15)10-13-3-8-19-12-13/h3,8,12,14H,2,4-7,9-11H2,1H3/t14-/m1/s1. The molecule has 2 saturated heterocycles. The van der Waals surface area contributed by atoms with Crippen LogP contribution in [0.2, 0.25) is 0 Å². The van der Waals surface area contributed by atoms with Crippen LogP contribution in [-0.4, -0.2) is 42.9 Å². The minimum Gasteiger partial charge on any atom is -0.376 e. The first-order valence-corrected chi connectivity index (χ1v) is 8.23. The van der Waals surface area contributed by atoms with Crippen molar-refractivity contribution in [2.75, 3.05) is 26.3 Å². The summed E-state index contributed by atoms with van der Waals surface area (Å²) < 4.78 is 11.8. The minimum absolute atomic E-state index is 0.116. The van der Waals surface area contributed by atoms with Crippen molar-refractivity contribution in [3.8, 4) is 0 Å². The molecular formula is C15H23NO2S. The van der Waals surface area contributed by atoms with Gasteiger partial charge in [-0.15, -0.1) is 0 Å². The molecule has 106 valence electrons. The van der Waals surface area contributed by atoms with E-state index in [4.69, 9.17) is 9.47 Å². The Morgan fingerprint density at radius 1 is 1.47 bits per heavy atom. The highest BCUT2D eigenvalue weighted by Crippen LogP contribution is 2.37. The number of hydrogen-bond donors (Lipinski definition) is 0. The predicted molar refractivity (Wildman–Crippen MR) is 77.5 cm³/mol. The van der Waals surface area contributed by atoms with Crippen molar-refractivity contribution in [2.24, 2.45) is 0 Å². The Balaban J connectivity index is 1.49. The molecule has 0 bridgehead atoms. The van der Waals surface area contributed by atoms with Crippen LogP contribution < -0.4 is 0 Å². The topological polar surface area (TPSA) is 21.7 Å². The zero-order valence-corrected chi connectivity index (χ0v) is 12.5. The number of nitrogens with zero attached hydrogens (tertiary/aromatic N) is 1. The Labute approximate surface area is 119 Å². The van der Waals surface area contributed by atoms with E-state index in [9.17, 15) is 0 Å². The molecular weight excluding hydrogens is 258 g/mol. The van der Waals surface area contributed by atoms with Crippen LogP contribution in [0.3, 0.4) is 0 Å². The van der Waals surface area contributed by atoms with Gasteiger partial charge >= 0.3 is 0 Å². The van der Waals surface area contributed by atoms with E-state index in [0.717, 1.165) is 52.1 Å². The van der Waals surface area contributed by atoms with Gasteiger partial charge in [-0.05, 0) is 42.2 Å². The number of likely N-dealkylation sites (tertiary alicyclic amines) is 1. The molecule has 2 aliphatic heterocycles. The second-order valence-electron chi connectivity index (χ2n) is 5.68. The summed E-state index contributed by atoms with van der Waals surface area (Å²) in [5, 5.41) is 4.41. The lowest BCUT2D eigenvalue weighted by Gasteiger charge is -2.38. The average molecular weight is 281 g/mol. The highest BCUT2D eigenvalue weighted by Gasteiger charge is 2.42. The van der Waals surface area contributed by atoms with Crippen molar-refractivity contribution in [2.45, 2.75) is 44.4 Å². The molecule has 4 heteroatoms. The number of hydrogen-bond acceptors (Lipinski definition) is 4. The van der Waals surface area contributed by atoms with E-state index in [1.165, 1.54) is 5.56 Å². The molecule has 3 rings (SSSR count). The molecule has 0 N–H and O–H groups in total. The lowest BCUT2D eigenvalue weighted by molar-refractivity contribution is -0.0464. The van der Waals surface area contributed by atoms with E-state index in [1.54, 1.807) is 11.3 Å². The highest BCUT2D eigenvalue weighted by molar-refractivity contribution is 7.07. The Morgan fingerprint density at radius 3 is 3.00 bits per heavy atom. The second-order valence-corrected chi connectivity index (χ2v) is 6.46. The largest absolute Gasteiger partial charge is 0.376 e. The molecule has 3 heterocycles. The zero-order valence-electron chi connectivity index (χ0n) is 11.6. The summed E-state index contributed by atoms with van der Waals surface area (Å²) in [6.07, 6.45) is 3.72. The van der Waals surface area contributed by atoms with Crippen molar-refractivity contribution < 1.29 is 9.47 Å². The Kier molecular flexibility index (Phi) is 4.22. The molecule has 0 aliphatic carbocycles. The molecule has 19 heavy (non-hydrogen) atoms. The normalized spacial score (nSPS) is 27.1. The summed E-state index contributed by atoms with van der Waals surface area (Å²) in [4.78, 5) is 2.55. The molecule has 0 saturated carbocycles. The van der Waals surface area contributed by atoms with Crippen LogP contribution >= 0.6 is 11.3 Å². The molecule has 1 atom stereocenters. The lowest BCUT2D eigenvalue weighted by atomic mass is 9.88. The van der Waals surface area contributed by atoms with Gasteiger partial charge in [-0.1, -0.05) is 0 Å². The van der Waals surface area contributed by atoms with Crippen molar-refractivity contribution >= 4 is 11.3 Å². The van der Waals surface area contributed by atoms with E-state index in [1.807, 2.05) is 0 Å². The van der Waals surface area contributed by atoms with Crippen LogP contribution in [0.1, 0.15) is 31.7 Å². The number of ether oxygens (including phenoxy) is 2. The smallest absolute Gasteiger partial charge is 0.0836 e. The maximum absolute atomic E-state index is 6.08. The first kappa shape index (κ1) is 13.6. The molecule has 2 fully saturated rings. The van der Waals surface area contributed by atoms with Gasteiger partial charge in [0.2, 0.25) is 0 Å². The molecule has 0 unspecified atom stereocenters. The van der Waals surface area contributed by atoms with Crippen LogP contribution in [0.4, 0.5) is 0 Å². The van der Waals surface area contributed by atoms with E-state index in [-0.39, 0.29) is 5.60 Å². The zero-order chi connectivity index (χ0) is 13.1. The van der Waals surface area contributed by atoms with Crippen molar-refractivity contribution in [1.82, 2.24) is 4.90 Å². The third kappa shape index (κ3) is 3.19. The number of piperidine rings is 1. The summed E-state index contributed by atoms with van der Waals surface area (Å²) in [7, 11) is 0. The fourth-order valence-corrected chi connectivity index (χ4v) is 3.91. The van der Waals surface area contributed by atoms with Crippen molar-refractivity contribution in [3.63, 3.8) is 0 Å². The van der Waals surface area contributed by atoms with Crippen molar-refractivity contribution in [1.29, 1.82) is 0 Å². The van der Waals surface area contributed by atoms with Gasteiger partial charge < -0.3 is 9.47 Å². The van der Waals surface area contributed by atoms with E-state index < -0.39 is 0 Å². The monoisotopic (exact) mass is 281 g/mol. The number of rotatable bonds is 4. The van der Waals surface area contributed by atoms with Crippen LogP contribution in [0.25, 0.3) is 0 Å². The molecule has 1 aromatic heterocycles. The fourth-order valence-electron chi connectivity index (χ4n) is 3.25. The van der Waals surface area contributed by atoms with Gasteiger partial charge in [0.1, 0.15) is 0 Å². The third-order valence-corrected chi connectivity index (χ3v) is 5.06. The summed E-state index contributed by atoms with van der Waals surface area (Å²) in [6, 6.07) is 2.23. The molecule has 0 radical (unpaired) electrons.